The number of carboxylic acid groups (broad SMARTS) is 1. The average Bonchev–Trinajstić information content (AvgIpc) is 3.09. The van der Waals surface area contributed by atoms with E-state index in [1.165, 1.54) is 28.2 Å². The van der Waals surface area contributed by atoms with Crippen LogP contribution in [-0.2, 0) is 0 Å². The van der Waals surface area contributed by atoms with Crippen molar-refractivity contribution in [1.29, 1.82) is 0 Å². The van der Waals surface area contributed by atoms with Gasteiger partial charge in [0.05, 0.1) is 11.8 Å². The number of carbonyl (C=O) groups excluding carboxylic acids is 1. The van der Waals surface area contributed by atoms with Crippen LogP contribution in [0.4, 0.5) is 4.79 Å². The van der Waals surface area contributed by atoms with Crippen LogP contribution >= 0.6 is 0 Å². The number of ether oxygens (including phenoxy) is 1. The van der Waals surface area contributed by atoms with Crippen molar-refractivity contribution in [3.8, 4) is 5.75 Å². The van der Waals surface area contributed by atoms with Gasteiger partial charge in [0.15, 0.2) is 0 Å². The highest BCUT2D eigenvalue weighted by atomic mass is 16.5. The second-order valence-electron chi connectivity index (χ2n) is 5.27. The molecule has 8 nitrogen and oxygen atoms in total. The van der Waals surface area contributed by atoms with Crippen LogP contribution in [0.15, 0.2) is 37.2 Å². The zero-order valence-corrected chi connectivity index (χ0v) is 12.3. The summed E-state index contributed by atoms with van der Waals surface area (Å²) in [6.07, 6.45) is 7.80. The molecular weight excluding hydrogens is 300 g/mol. The largest absolute Gasteiger partial charge is 0.489 e. The van der Waals surface area contributed by atoms with Crippen LogP contribution in [0.5, 0.6) is 5.75 Å². The van der Waals surface area contributed by atoms with E-state index in [-0.39, 0.29) is 12.0 Å². The third-order valence-corrected chi connectivity index (χ3v) is 3.71. The van der Waals surface area contributed by atoms with Gasteiger partial charge in [-0.25, -0.2) is 9.78 Å². The van der Waals surface area contributed by atoms with Crippen LogP contribution in [0.25, 0.3) is 0 Å². The van der Waals surface area contributed by atoms with Gasteiger partial charge >= 0.3 is 6.09 Å². The maximum absolute atomic E-state index is 12.2. The Kier molecular flexibility index (Phi) is 4.22. The Morgan fingerprint density at radius 2 is 2.00 bits per heavy atom. The minimum Gasteiger partial charge on any atom is -0.489 e. The summed E-state index contributed by atoms with van der Waals surface area (Å²) in [5.74, 6) is 0.269. The number of aromatic nitrogens is 3. The summed E-state index contributed by atoms with van der Waals surface area (Å²) in [6.45, 7) is 0.891. The van der Waals surface area contributed by atoms with Crippen molar-refractivity contribution >= 4 is 12.0 Å². The minimum atomic E-state index is -0.905. The van der Waals surface area contributed by atoms with E-state index in [1.54, 1.807) is 18.5 Å². The Labute approximate surface area is 132 Å². The van der Waals surface area contributed by atoms with Crippen LogP contribution in [0.2, 0.25) is 0 Å². The van der Waals surface area contributed by atoms with Gasteiger partial charge in [0, 0.05) is 44.5 Å². The normalized spacial score (nSPS) is 15.4. The Hall–Kier alpha value is -2.90. The number of pyridine rings is 1. The van der Waals surface area contributed by atoms with E-state index < -0.39 is 6.09 Å². The van der Waals surface area contributed by atoms with Gasteiger partial charge in [-0.2, -0.15) is 0 Å². The SMILES string of the molecule is O=C(O)N1CCC(Oc2cncc(C(=O)n3ccnc3)c2)CC1. The zero-order valence-electron chi connectivity index (χ0n) is 12.3. The van der Waals surface area contributed by atoms with Gasteiger partial charge in [0.1, 0.15) is 18.2 Å². The van der Waals surface area contributed by atoms with Gasteiger partial charge < -0.3 is 14.7 Å². The summed E-state index contributed by atoms with van der Waals surface area (Å²) in [5, 5.41) is 8.93. The van der Waals surface area contributed by atoms with Crippen molar-refractivity contribution in [2.45, 2.75) is 18.9 Å². The van der Waals surface area contributed by atoms with Crippen molar-refractivity contribution in [2.24, 2.45) is 0 Å². The molecule has 0 bridgehead atoms. The molecule has 23 heavy (non-hydrogen) atoms. The number of amides is 1. The molecule has 0 spiro atoms. The quantitative estimate of drug-likeness (QED) is 0.921. The molecule has 0 radical (unpaired) electrons. The number of piperidine rings is 1. The fourth-order valence-electron chi connectivity index (χ4n) is 2.49. The number of nitrogens with zero attached hydrogens (tertiary/aromatic N) is 4. The van der Waals surface area contributed by atoms with E-state index >= 15 is 0 Å². The molecule has 0 aliphatic carbocycles. The molecule has 1 aliphatic rings. The highest BCUT2D eigenvalue weighted by Gasteiger charge is 2.23. The average molecular weight is 316 g/mol. The van der Waals surface area contributed by atoms with Gasteiger partial charge in [0.25, 0.3) is 5.91 Å². The minimum absolute atomic E-state index is 0.0778. The molecule has 0 aromatic carbocycles. The van der Waals surface area contributed by atoms with Gasteiger partial charge in [-0.05, 0) is 6.07 Å². The smallest absolute Gasteiger partial charge is 0.407 e. The number of imidazole rings is 1. The first-order chi connectivity index (χ1) is 11.1. The number of hydrogen-bond acceptors (Lipinski definition) is 5. The molecule has 120 valence electrons. The molecule has 3 rings (SSSR count). The number of hydrogen-bond donors (Lipinski definition) is 1. The Balaban J connectivity index is 1.64. The van der Waals surface area contributed by atoms with E-state index in [9.17, 15) is 9.59 Å². The molecule has 8 heteroatoms. The molecule has 2 aromatic rings. The Bertz CT molecular complexity index is 693. The zero-order chi connectivity index (χ0) is 16.2. The van der Waals surface area contributed by atoms with Gasteiger partial charge in [-0.1, -0.05) is 0 Å². The lowest BCUT2D eigenvalue weighted by Crippen LogP contribution is -2.41. The summed E-state index contributed by atoms with van der Waals surface area (Å²) < 4.78 is 7.20. The standard InChI is InChI=1S/C15H16N4O4/c20-14(19-6-3-16-10-19)11-7-13(9-17-8-11)23-12-1-4-18(5-2-12)15(21)22/h3,6-10,12H,1-2,4-5H2,(H,21,22). The molecule has 1 fully saturated rings. The monoisotopic (exact) mass is 316 g/mol. The van der Waals surface area contributed by atoms with Gasteiger partial charge in [-0.15, -0.1) is 0 Å². The molecular formula is C15H16N4O4. The van der Waals surface area contributed by atoms with Crippen LogP contribution in [0.3, 0.4) is 0 Å². The van der Waals surface area contributed by atoms with Gasteiger partial charge in [0.2, 0.25) is 0 Å². The van der Waals surface area contributed by atoms with Crippen LogP contribution in [-0.4, -0.2) is 55.7 Å². The molecule has 1 N–H and O–H groups in total. The Morgan fingerprint density at radius 1 is 1.22 bits per heavy atom. The summed E-state index contributed by atoms with van der Waals surface area (Å²) in [5.41, 5.74) is 0.406. The first kappa shape index (κ1) is 15.0. The van der Waals surface area contributed by atoms with Crippen LogP contribution in [0, 0.1) is 0 Å². The second kappa shape index (κ2) is 6.47. The maximum atomic E-state index is 12.2. The lowest BCUT2D eigenvalue weighted by molar-refractivity contribution is 0.0884. The fraction of sp³-hybridized carbons (Fsp3) is 0.333. The molecule has 3 heterocycles. The topological polar surface area (TPSA) is 97.5 Å². The number of rotatable bonds is 3. The molecule has 2 aromatic heterocycles. The lowest BCUT2D eigenvalue weighted by atomic mass is 10.1. The third kappa shape index (κ3) is 3.47. The first-order valence-electron chi connectivity index (χ1n) is 7.26. The van der Waals surface area contributed by atoms with Crippen molar-refractivity contribution in [2.75, 3.05) is 13.1 Å². The van der Waals surface area contributed by atoms with E-state index in [4.69, 9.17) is 9.84 Å². The predicted octanol–water partition coefficient (Wildman–Crippen LogP) is 1.49. The van der Waals surface area contributed by atoms with E-state index in [1.807, 2.05) is 0 Å². The Morgan fingerprint density at radius 3 is 2.65 bits per heavy atom. The summed E-state index contributed by atoms with van der Waals surface area (Å²) >= 11 is 0. The highest BCUT2D eigenvalue weighted by molar-refractivity contribution is 5.95. The molecule has 1 amide bonds. The van der Waals surface area contributed by atoms with Crippen LogP contribution in [0.1, 0.15) is 23.2 Å². The number of carbonyl (C=O) groups is 2. The van der Waals surface area contributed by atoms with Crippen molar-refractivity contribution in [1.82, 2.24) is 19.4 Å². The predicted molar refractivity (Wildman–Crippen MR) is 79.4 cm³/mol. The van der Waals surface area contributed by atoms with Crippen molar-refractivity contribution < 1.29 is 19.4 Å². The summed E-state index contributed by atoms with van der Waals surface area (Å²) in [7, 11) is 0. The van der Waals surface area contributed by atoms with E-state index in [2.05, 4.69) is 9.97 Å². The summed E-state index contributed by atoms with van der Waals surface area (Å²) in [4.78, 5) is 32.4. The van der Waals surface area contributed by atoms with Crippen LogP contribution < -0.4 is 4.74 Å². The second-order valence-corrected chi connectivity index (χ2v) is 5.27. The first-order valence-corrected chi connectivity index (χ1v) is 7.26. The lowest BCUT2D eigenvalue weighted by Gasteiger charge is -2.30. The van der Waals surface area contributed by atoms with Crippen molar-refractivity contribution in [3.05, 3.63) is 42.7 Å². The molecule has 1 saturated heterocycles. The molecule has 1 aliphatic heterocycles. The molecule has 0 saturated carbocycles. The molecule has 0 unspecified atom stereocenters. The van der Waals surface area contributed by atoms with Crippen molar-refractivity contribution in [3.63, 3.8) is 0 Å². The number of likely N-dealkylation sites (tertiary alicyclic amines) is 1. The van der Waals surface area contributed by atoms with E-state index in [0.717, 1.165) is 0 Å². The molecule has 0 atom stereocenters. The van der Waals surface area contributed by atoms with E-state index in [0.29, 0.717) is 37.2 Å². The maximum Gasteiger partial charge on any atom is 0.407 e. The highest BCUT2D eigenvalue weighted by Crippen LogP contribution is 2.19. The van der Waals surface area contributed by atoms with Gasteiger partial charge in [-0.3, -0.25) is 14.3 Å². The third-order valence-electron chi connectivity index (χ3n) is 3.71. The fourth-order valence-corrected chi connectivity index (χ4v) is 2.49. The summed E-state index contributed by atoms with van der Waals surface area (Å²) in [6, 6.07) is 1.64.